The summed E-state index contributed by atoms with van der Waals surface area (Å²) in [5, 5.41) is 4.12. The number of halogens is 4. The van der Waals surface area contributed by atoms with E-state index in [-0.39, 0.29) is 12.4 Å². The van der Waals surface area contributed by atoms with E-state index in [1.807, 2.05) is 0 Å². The number of pyridine rings is 2. The molecule has 7 nitrogen and oxygen atoms in total. The fourth-order valence-corrected chi connectivity index (χ4v) is 3.14. The fourth-order valence-electron chi connectivity index (χ4n) is 2.93. The van der Waals surface area contributed by atoms with Gasteiger partial charge in [-0.3, -0.25) is 4.98 Å². The second kappa shape index (κ2) is 8.93. The molecule has 1 N–H and O–H groups in total. The third kappa shape index (κ3) is 5.04. The van der Waals surface area contributed by atoms with Crippen LogP contribution in [0.3, 0.4) is 0 Å². The topological polar surface area (TPSA) is 82.0 Å². The first-order valence-corrected chi connectivity index (χ1v) is 9.60. The molecule has 0 saturated carbocycles. The summed E-state index contributed by atoms with van der Waals surface area (Å²) in [7, 11) is 1.51. The van der Waals surface area contributed by atoms with Gasteiger partial charge in [-0.2, -0.15) is 0 Å². The summed E-state index contributed by atoms with van der Waals surface area (Å²) in [6.07, 6.45) is -3.14. The van der Waals surface area contributed by atoms with Crippen molar-refractivity contribution >= 4 is 34.1 Å². The van der Waals surface area contributed by atoms with Crippen LogP contribution in [0.25, 0.3) is 22.4 Å². The van der Waals surface area contributed by atoms with Crippen LogP contribution >= 0.6 is 11.6 Å². The second-order valence-corrected chi connectivity index (χ2v) is 6.93. The molecule has 4 aromatic rings. The van der Waals surface area contributed by atoms with Crippen LogP contribution in [0.5, 0.6) is 5.75 Å². The minimum absolute atomic E-state index is 0.138. The lowest BCUT2D eigenvalue weighted by atomic mass is 10.2. The summed E-state index contributed by atoms with van der Waals surface area (Å²) in [4.78, 5) is 17.7. The lowest BCUT2D eigenvalue weighted by molar-refractivity contribution is -0.274. The Labute approximate surface area is 185 Å². The van der Waals surface area contributed by atoms with E-state index in [1.165, 1.54) is 31.4 Å². The third-order valence-corrected chi connectivity index (χ3v) is 4.54. The monoisotopic (exact) mass is 461 g/mol. The number of nitrogens with zero attached hydrogens (tertiary/aromatic N) is 4. The van der Waals surface area contributed by atoms with Crippen LogP contribution in [0.1, 0.15) is 5.82 Å². The van der Waals surface area contributed by atoms with Gasteiger partial charge < -0.3 is 14.8 Å². The van der Waals surface area contributed by atoms with Crippen molar-refractivity contribution in [2.24, 2.45) is 0 Å². The number of hydrogen-bond donors (Lipinski definition) is 1. The summed E-state index contributed by atoms with van der Waals surface area (Å²) < 4.78 is 46.2. The SMILES string of the molecule is COCc1nc(Nc2ccc(OC(F)(F)F)cc2)c2ccc(-c3ncccc3Cl)nc2n1. The van der Waals surface area contributed by atoms with Gasteiger partial charge >= 0.3 is 6.36 Å². The summed E-state index contributed by atoms with van der Waals surface area (Å²) in [5.41, 5.74) is 1.92. The van der Waals surface area contributed by atoms with Crippen LogP contribution in [-0.2, 0) is 11.3 Å². The Morgan fingerprint density at radius 3 is 2.47 bits per heavy atom. The van der Waals surface area contributed by atoms with Gasteiger partial charge in [0.05, 0.1) is 16.1 Å². The van der Waals surface area contributed by atoms with Gasteiger partial charge in [0, 0.05) is 19.0 Å². The van der Waals surface area contributed by atoms with Gasteiger partial charge in [-0.25, -0.2) is 15.0 Å². The van der Waals surface area contributed by atoms with Crippen LogP contribution in [0, 0.1) is 0 Å². The molecule has 1 aromatic carbocycles. The number of fused-ring (bicyclic) bond motifs is 1. The van der Waals surface area contributed by atoms with E-state index in [2.05, 4.69) is 30.0 Å². The number of rotatable bonds is 6. The molecular weight excluding hydrogens is 447 g/mol. The first-order chi connectivity index (χ1) is 15.3. The molecule has 0 saturated heterocycles. The van der Waals surface area contributed by atoms with Crippen LogP contribution in [0.4, 0.5) is 24.7 Å². The molecule has 0 aliphatic rings. The first-order valence-electron chi connectivity index (χ1n) is 9.23. The molecule has 4 rings (SSSR count). The van der Waals surface area contributed by atoms with E-state index >= 15 is 0 Å². The number of anilines is 2. The molecule has 0 fully saturated rings. The van der Waals surface area contributed by atoms with Crippen LogP contribution in [0.15, 0.2) is 54.7 Å². The average Bonchev–Trinajstić information content (AvgIpc) is 2.74. The molecule has 164 valence electrons. The molecule has 0 atom stereocenters. The highest BCUT2D eigenvalue weighted by Crippen LogP contribution is 2.30. The largest absolute Gasteiger partial charge is 0.573 e. The van der Waals surface area contributed by atoms with E-state index in [1.54, 1.807) is 30.5 Å². The number of ether oxygens (including phenoxy) is 2. The Balaban J connectivity index is 1.71. The minimum atomic E-state index is -4.76. The van der Waals surface area contributed by atoms with Crippen LogP contribution in [0.2, 0.25) is 5.02 Å². The highest BCUT2D eigenvalue weighted by atomic mass is 35.5. The predicted octanol–water partition coefficient (Wildman–Crippen LogP) is 5.53. The Hall–Kier alpha value is -3.50. The molecule has 0 spiro atoms. The molecule has 0 aliphatic carbocycles. The zero-order valence-electron chi connectivity index (χ0n) is 16.5. The molecule has 0 aliphatic heterocycles. The first kappa shape index (κ1) is 21.7. The fraction of sp³-hybridized carbons (Fsp3) is 0.143. The van der Waals surface area contributed by atoms with Gasteiger partial charge in [-0.15, -0.1) is 13.2 Å². The number of methoxy groups -OCH3 is 1. The van der Waals surface area contributed by atoms with Gasteiger partial charge in [0.25, 0.3) is 0 Å². The number of nitrogens with one attached hydrogen (secondary N) is 1. The van der Waals surface area contributed by atoms with Crippen molar-refractivity contribution in [2.45, 2.75) is 13.0 Å². The molecule has 3 heterocycles. The quantitative estimate of drug-likeness (QED) is 0.404. The van der Waals surface area contributed by atoms with Gasteiger partial charge in [-0.05, 0) is 48.5 Å². The average molecular weight is 462 g/mol. The molecule has 0 radical (unpaired) electrons. The molecule has 0 unspecified atom stereocenters. The lowest BCUT2D eigenvalue weighted by Crippen LogP contribution is -2.17. The maximum absolute atomic E-state index is 12.4. The van der Waals surface area contributed by atoms with E-state index in [4.69, 9.17) is 16.3 Å². The Kier molecular flexibility index (Phi) is 6.06. The van der Waals surface area contributed by atoms with Gasteiger partial charge in [0.15, 0.2) is 11.5 Å². The number of aromatic nitrogens is 4. The zero-order valence-corrected chi connectivity index (χ0v) is 17.3. The van der Waals surface area contributed by atoms with E-state index < -0.39 is 6.36 Å². The molecule has 32 heavy (non-hydrogen) atoms. The second-order valence-electron chi connectivity index (χ2n) is 6.52. The smallest absolute Gasteiger partial charge is 0.406 e. The van der Waals surface area contributed by atoms with Crippen LogP contribution < -0.4 is 10.1 Å². The van der Waals surface area contributed by atoms with Crippen molar-refractivity contribution in [3.63, 3.8) is 0 Å². The van der Waals surface area contributed by atoms with Crippen LogP contribution in [-0.4, -0.2) is 33.4 Å². The highest BCUT2D eigenvalue weighted by molar-refractivity contribution is 6.32. The standard InChI is InChI=1S/C21H15ClF3N5O2/c1-31-11-17-29-19(27-12-4-6-13(7-5-12)32-21(23,24)25)14-8-9-16(28-20(14)30-17)18-15(22)3-2-10-26-18/h2-10H,11H2,1H3,(H,27,28,29,30). The predicted molar refractivity (Wildman–Crippen MR) is 113 cm³/mol. The summed E-state index contributed by atoms with van der Waals surface area (Å²) >= 11 is 6.23. The summed E-state index contributed by atoms with van der Waals surface area (Å²) in [6, 6.07) is 12.2. The highest BCUT2D eigenvalue weighted by Gasteiger charge is 2.31. The lowest BCUT2D eigenvalue weighted by Gasteiger charge is -2.13. The molecule has 11 heteroatoms. The van der Waals surface area contributed by atoms with Crippen molar-refractivity contribution in [1.29, 1.82) is 0 Å². The Bertz CT molecular complexity index is 1250. The van der Waals surface area contributed by atoms with Crippen molar-refractivity contribution < 1.29 is 22.6 Å². The van der Waals surface area contributed by atoms with E-state index in [9.17, 15) is 13.2 Å². The molecule has 0 bridgehead atoms. The number of benzene rings is 1. The Morgan fingerprint density at radius 1 is 1.00 bits per heavy atom. The van der Waals surface area contributed by atoms with Gasteiger partial charge in [-0.1, -0.05) is 11.6 Å². The van der Waals surface area contributed by atoms with Crippen molar-refractivity contribution in [1.82, 2.24) is 19.9 Å². The van der Waals surface area contributed by atoms with E-state index in [0.717, 1.165) is 0 Å². The number of alkyl halides is 3. The maximum atomic E-state index is 12.4. The minimum Gasteiger partial charge on any atom is -0.406 e. The van der Waals surface area contributed by atoms with Crippen molar-refractivity contribution in [3.8, 4) is 17.1 Å². The molecular formula is C21H15ClF3N5O2. The third-order valence-electron chi connectivity index (χ3n) is 4.23. The van der Waals surface area contributed by atoms with Gasteiger partial charge in [0.1, 0.15) is 23.9 Å². The normalized spacial score (nSPS) is 11.5. The molecule has 3 aromatic heterocycles. The zero-order chi connectivity index (χ0) is 22.7. The van der Waals surface area contributed by atoms with Crippen molar-refractivity contribution in [2.75, 3.05) is 12.4 Å². The Morgan fingerprint density at radius 2 is 1.78 bits per heavy atom. The maximum Gasteiger partial charge on any atom is 0.573 e. The summed E-state index contributed by atoms with van der Waals surface area (Å²) in [6.45, 7) is 0.138. The number of hydrogen-bond acceptors (Lipinski definition) is 7. The van der Waals surface area contributed by atoms with Gasteiger partial charge in [0.2, 0.25) is 0 Å². The summed E-state index contributed by atoms with van der Waals surface area (Å²) in [5.74, 6) is 0.461. The van der Waals surface area contributed by atoms with Crippen molar-refractivity contribution in [3.05, 3.63) is 65.6 Å². The van der Waals surface area contributed by atoms with E-state index in [0.29, 0.717) is 44.8 Å². The molecule has 0 amide bonds.